The van der Waals surface area contributed by atoms with E-state index in [0.29, 0.717) is 12.3 Å². The van der Waals surface area contributed by atoms with Crippen molar-refractivity contribution < 1.29 is 9.84 Å². The van der Waals surface area contributed by atoms with Crippen molar-refractivity contribution in [3.63, 3.8) is 0 Å². The molecule has 2 aliphatic rings. The highest BCUT2D eigenvalue weighted by molar-refractivity contribution is 9.10. The van der Waals surface area contributed by atoms with Crippen LogP contribution >= 0.6 is 15.9 Å². The fourth-order valence-corrected chi connectivity index (χ4v) is 3.78. The van der Waals surface area contributed by atoms with Crippen LogP contribution < -0.4 is 4.74 Å². The molecule has 0 saturated heterocycles. The highest BCUT2D eigenvalue weighted by atomic mass is 79.9. The van der Waals surface area contributed by atoms with E-state index in [4.69, 9.17) is 4.74 Å². The number of fused-ring (bicyclic) bond motifs is 1. The minimum atomic E-state index is -0.221. The third-order valence-corrected chi connectivity index (χ3v) is 4.99. The number of halogens is 1. The second kappa shape index (κ2) is 4.86. The monoisotopic (exact) mass is 310 g/mol. The van der Waals surface area contributed by atoms with E-state index in [1.54, 1.807) is 7.11 Å². The molecule has 2 nitrogen and oxygen atoms in total. The molecule has 0 aromatic heterocycles. The largest absolute Gasteiger partial charge is 0.496 e. The molecule has 2 saturated carbocycles. The summed E-state index contributed by atoms with van der Waals surface area (Å²) < 4.78 is 6.40. The molecule has 3 atom stereocenters. The van der Waals surface area contributed by atoms with Crippen molar-refractivity contribution in [2.75, 3.05) is 7.11 Å². The minimum absolute atomic E-state index is 0.221. The lowest BCUT2D eigenvalue weighted by Gasteiger charge is -2.20. The van der Waals surface area contributed by atoms with Crippen LogP contribution in [-0.4, -0.2) is 18.3 Å². The lowest BCUT2D eigenvalue weighted by atomic mass is 9.92. The van der Waals surface area contributed by atoms with Crippen molar-refractivity contribution in [2.24, 2.45) is 17.8 Å². The van der Waals surface area contributed by atoms with E-state index in [1.807, 2.05) is 12.1 Å². The smallest absolute Gasteiger partial charge is 0.122 e. The molecule has 1 N–H and O–H groups in total. The quantitative estimate of drug-likeness (QED) is 0.923. The molecule has 98 valence electrons. The van der Waals surface area contributed by atoms with Crippen LogP contribution in [0.4, 0.5) is 0 Å². The van der Waals surface area contributed by atoms with Gasteiger partial charge in [0.25, 0.3) is 0 Å². The molecule has 0 bridgehead atoms. The average molecular weight is 311 g/mol. The van der Waals surface area contributed by atoms with Crippen LogP contribution in [0.25, 0.3) is 0 Å². The first-order valence-electron chi connectivity index (χ1n) is 6.68. The summed E-state index contributed by atoms with van der Waals surface area (Å²) in [4.78, 5) is 0. The molecular weight excluding hydrogens is 292 g/mol. The summed E-state index contributed by atoms with van der Waals surface area (Å²) in [5, 5.41) is 10.4. The van der Waals surface area contributed by atoms with Gasteiger partial charge >= 0.3 is 0 Å². The van der Waals surface area contributed by atoms with Gasteiger partial charge in [-0.1, -0.05) is 15.9 Å². The lowest BCUT2D eigenvalue weighted by Crippen LogP contribution is -2.22. The first-order valence-corrected chi connectivity index (χ1v) is 7.47. The Morgan fingerprint density at radius 1 is 1.33 bits per heavy atom. The Morgan fingerprint density at radius 3 is 2.72 bits per heavy atom. The summed E-state index contributed by atoms with van der Waals surface area (Å²) in [5.74, 6) is 3.22. The van der Waals surface area contributed by atoms with Crippen LogP contribution in [0.3, 0.4) is 0 Å². The molecule has 0 heterocycles. The summed E-state index contributed by atoms with van der Waals surface area (Å²) in [6.07, 6.45) is 4.33. The molecule has 1 aromatic rings. The summed E-state index contributed by atoms with van der Waals surface area (Å²) >= 11 is 3.48. The minimum Gasteiger partial charge on any atom is -0.496 e. The van der Waals surface area contributed by atoms with E-state index in [-0.39, 0.29) is 6.10 Å². The average Bonchev–Trinajstić information content (AvgIpc) is 2.96. The zero-order valence-electron chi connectivity index (χ0n) is 10.6. The normalized spacial score (nSPS) is 30.9. The van der Waals surface area contributed by atoms with Gasteiger partial charge in [-0.05, 0) is 60.8 Å². The number of hydrogen-bond donors (Lipinski definition) is 1. The van der Waals surface area contributed by atoms with Crippen LogP contribution in [0, 0.1) is 17.8 Å². The number of rotatable bonds is 4. The van der Waals surface area contributed by atoms with Crippen LogP contribution in [-0.2, 0) is 6.42 Å². The Bertz CT molecular complexity index is 436. The predicted molar refractivity (Wildman–Crippen MR) is 74.7 cm³/mol. The third-order valence-electron chi connectivity index (χ3n) is 4.50. The first-order chi connectivity index (χ1) is 8.67. The Kier molecular flexibility index (Phi) is 3.37. The Hall–Kier alpha value is -0.540. The third kappa shape index (κ3) is 2.43. The lowest BCUT2D eigenvalue weighted by molar-refractivity contribution is 0.103. The molecule has 1 aromatic carbocycles. The topological polar surface area (TPSA) is 29.5 Å². The molecule has 3 rings (SSSR count). The van der Waals surface area contributed by atoms with Gasteiger partial charge in [0.1, 0.15) is 5.75 Å². The molecule has 2 fully saturated rings. The Morgan fingerprint density at radius 2 is 2.06 bits per heavy atom. The van der Waals surface area contributed by atoms with E-state index >= 15 is 0 Å². The molecule has 0 radical (unpaired) electrons. The molecule has 3 heteroatoms. The second-order valence-corrected chi connectivity index (χ2v) is 6.63. The van der Waals surface area contributed by atoms with Gasteiger partial charge < -0.3 is 9.84 Å². The number of benzene rings is 1. The van der Waals surface area contributed by atoms with Crippen LogP contribution in [0.1, 0.15) is 24.8 Å². The molecule has 0 amide bonds. The van der Waals surface area contributed by atoms with Gasteiger partial charge in [0.05, 0.1) is 13.2 Å². The van der Waals surface area contributed by atoms with Crippen molar-refractivity contribution in [3.8, 4) is 5.75 Å². The first kappa shape index (κ1) is 12.5. The number of methoxy groups -OCH3 is 1. The highest BCUT2D eigenvalue weighted by Crippen LogP contribution is 2.55. The summed E-state index contributed by atoms with van der Waals surface area (Å²) in [6, 6.07) is 5.98. The fraction of sp³-hybridized carbons (Fsp3) is 0.600. The molecule has 18 heavy (non-hydrogen) atoms. The standard InChI is InChI=1S/C15H19BrO2/c1-18-15-3-2-13(16)7-12(15)8-14(17)11-5-9-4-10(9)6-11/h2-3,7,9-11,14,17H,4-6,8H2,1H3. The van der Waals surface area contributed by atoms with Gasteiger partial charge in [0.15, 0.2) is 0 Å². The van der Waals surface area contributed by atoms with E-state index in [9.17, 15) is 5.11 Å². The van der Waals surface area contributed by atoms with Gasteiger partial charge in [-0.15, -0.1) is 0 Å². The van der Waals surface area contributed by atoms with Gasteiger partial charge in [-0.2, -0.15) is 0 Å². The maximum absolute atomic E-state index is 10.4. The van der Waals surface area contributed by atoms with Crippen molar-refractivity contribution in [3.05, 3.63) is 28.2 Å². The maximum Gasteiger partial charge on any atom is 0.122 e. The predicted octanol–water partition coefficient (Wildman–Crippen LogP) is 3.41. The second-order valence-electron chi connectivity index (χ2n) is 5.71. The van der Waals surface area contributed by atoms with E-state index < -0.39 is 0 Å². The van der Waals surface area contributed by atoms with Gasteiger partial charge in [0, 0.05) is 10.9 Å². The number of hydrogen-bond acceptors (Lipinski definition) is 2. The van der Waals surface area contributed by atoms with E-state index in [0.717, 1.165) is 27.6 Å². The van der Waals surface area contributed by atoms with Crippen molar-refractivity contribution in [1.29, 1.82) is 0 Å². The van der Waals surface area contributed by atoms with Crippen LogP contribution in [0.2, 0.25) is 0 Å². The Labute approximate surface area is 116 Å². The number of aliphatic hydroxyl groups is 1. The van der Waals surface area contributed by atoms with Crippen LogP contribution in [0.15, 0.2) is 22.7 Å². The van der Waals surface area contributed by atoms with Crippen molar-refractivity contribution in [2.45, 2.75) is 31.8 Å². The van der Waals surface area contributed by atoms with Gasteiger partial charge in [-0.3, -0.25) is 0 Å². The van der Waals surface area contributed by atoms with Crippen LogP contribution in [0.5, 0.6) is 5.75 Å². The number of aliphatic hydroxyl groups excluding tert-OH is 1. The Balaban J connectivity index is 1.69. The zero-order valence-corrected chi connectivity index (χ0v) is 12.2. The SMILES string of the molecule is COc1ccc(Br)cc1CC(O)C1CC2CC2C1. The molecule has 2 aliphatic carbocycles. The summed E-state index contributed by atoms with van der Waals surface area (Å²) in [6.45, 7) is 0. The van der Waals surface area contributed by atoms with Crippen molar-refractivity contribution >= 4 is 15.9 Å². The zero-order chi connectivity index (χ0) is 12.7. The fourth-order valence-electron chi connectivity index (χ4n) is 3.37. The highest BCUT2D eigenvalue weighted by Gasteiger charge is 2.47. The van der Waals surface area contributed by atoms with Gasteiger partial charge in [0.2, 0.25) is 0 Å². The van der Waals surface area contributed by atoms with E-state index in [2.05, 4.69) is 22.0 Å². The molecule has 3 unspecified atom stereocenters. The number of ether oxygens (including phenoxy) is 1. The summed E-state index contributed by atoms with van der Waals surface area (Å²) in [5.41, 5.74) is 1.10. The van der Waals surface area contributed by atoms with Crippen molar-refractivity contribution in [1.82, 2.24) is 0 Å². The molecular formula is C15H19BrO2. The van der Waals surface area contributed by atoms with E-state index in [1.165, 1.54) is 19.3 Å². The maximum atomic E-state index is 10.4. The summed E-state index contributed by atoms with van der Waals surface area (Å²) in [7, 11) is 1.68. The van der Waals surface area contributed by atoms with Gasteiger partial charge in [-0.25, -0.2) is 0 Å². The molecule has 0 aliphatic heterocycles. The molecule has 0 spiro atoms.